The van der Waals surface area contributed by atoms with Gasteiger partial charge < -0.3 is 14.8 Å². The Morgan fingerprint density at radius 3 is 2.56 bits per heavy atom. The summed E-state index contributed by atoms with van der Waals surface area (Å²) in [7, 11) is 0. The number of aryl methyl sites for hydroxylation is 1. The van der Waals surface area contributed by atoms with Crippen LogP contribution >= 0.6 is 11.3 Å². The Morgan fingerprint density at radius 1 is 1.11 bits per heavy atom. The number of anilines is 1. The van der Waals surface area contributed by atoms with Crippen LogP contribution in [0.5, 0.6) is 5.75 Å². The number of benzene rings is 1. The molecule has 1 aromatic heterocycles. The second-order valence-electron chi connectivity index (χ2n) is 6.46. The third-order valence-corrected chi connectivity index (χ3v) is 5.67. The third-order valence-electron chi connectivity index (χ3n) is 4.47. The van der Waals surface area contributed by atoms with Crippen molar-refractivity contribution in [3.63, 3.8) is 0 Å². The lowest BCUT2D eigenvalue weighted by Crippen LogP contribution is -2.16. The Morgan fingerprint density at radius 2 is 1.85 bits per heavy atom. The molecule has 1 amide bonds. The van der Waals surface area contributed by atoms with Gasteiger partial charge in [-0.1, -0.05) is 6.92 Å². The highest BCUT2D eigenvalue weighted by molar-refractivity contribution is 7.17. The molecule has 1 N–H and O–H groups in total. The van der Waals surface area contributed by atoms with Gasteiger partial charge in [0.05, 0.1) is 18.8 Å². The second-order valence-corrected chi connectivity index (χ2v) is 7.57. The van der Waals surface area contributed by atoms with Gasteiger partial charge in [-0.3, -0.25) is 4.79 Å². The monoisotopic (exact) mass is 387 g/mol. The molecule has 5 nitrogen and oxygen atoms in total. The van der Waals surface area contributed by atoms with Gasteiger partial charge >= 0.3 is 5.97 Å². The van der Waals surface area contributed by atoms with E-state index in [1.807, 2.05) is 13.8 Å². The van der Waals surface area contributed by atoms with E-state index in [4.69, 9.17) is 9.47 Å². The maximum atomic E-state index is 12.7. The first-order valence-electron chi connectivity index (χ1n) is 9.49. The van der Waals surface area contributed by atoms with Crippen LogP contribution in [0.4, 0.5) is 5.00 Å². The summed E-state index contributed by atoms with van der Waals surface area (Å²) in [6.07, 6.45) is 4.76. The van der Waals surface area contributed by atoms with Gasteiger partial charge in [0, 0.05) is 10.4 Å². The second kappa shape index (κ2) is 9.04. The summed E-state index contributed by atoms with van der Waals surface area (Å²) in [4.78, 5) is 26.5. The van der Waals surface area contributed by atoms with Crippen molar-refractivity contribution in [3.05, 3.63) is 45.8 Å². The predicted molar refractivity (Wildman–Crippen MR) is 107 cm³/mol. The number of ether oxygens (including phenoxy) is 2. The number of carbonyl (C=O) groups excluding carboxylic acids is 2. The van der Waals surface area contributed by atoms with Crippen molar-refractivity contribution in [1.29, 1.82) is 0 Å². The van der Waals surface area contributed by atoms with E-state index in [1.54, 1.807) is 24.3 Å². The molecule has 0 atom stereocenters. The van der Waals surface area contributed by atoms with Gasteiger partial charge in [0.15, 0.2) is 0 Å². The van der Waals surface area contributed by atoms with Crippen LogP contribution in [-0.2, 0) is 17.6 Å². The highest BCUT2D eigenvalue weighted by atomic mass is 32.1. The summed E-state index contributed by atoms with van der Waals surface area (Å²) in [5.74, 6) is 0.156. The molecular weight excluding hydrogens is 362 g/mol. The fourth-order valence-corrected chi connectivity index (χ4v) is 4.45. The number of esters is 1. The number of fused-ring (bicyclic) bond motifs is 1. The molecule has 1 aliphatic rings. The van der Waals surface area contributed by atoms with Crippen LogP contribution < -0.4 is 10.1 Å². The minimum absolute atomic E-state index is 0.235. The van der Waals surface area contributed by atoms with Crippen molar-refractivity contribution >= 4 is 28.2 Å². The number of hydrogen-bond donors (Lipinski definition) is 1. The molecule has 0 aliphatic heterocycles. The van der Waals surface area contributed by atoms with E-state index in [-0.39, 0.29) is 11.9 Å². The fraction of sp³-hybridized carbons (Fsp3) is 0.429. The van der Waals surface area contributed by atoms with Crippen LogP contribution in [0.1, 0.15) is 64.3 Å². The van der Waals surface area contributed by atoms with Gasteiger partial charge in [-0.2, -0.15) is 0 Å². The maximum absolute atomic E-state index is 12.7. The molecule has 0 saturated carbocycles. The van der Waals surface area contributed by atoms with Crippen LogP contribution in [0.2, 0.25) is 0 Å². The van der Waals surface area contributed by atoms with Crippen molar-refractivity contribution in [2.45, 2.75) is 46.0 Å². The number of carbonyl (C=O) groups is 2. The van der Waals surface area contributed by atoms with Crippen LogP contribution in [-0.4, -0.2) is 25.1 Å². The molecular formula is C21H25NO4S. The molecule has 1 aromatic carbocycles. The van der Waals surface area contributed by atoms with Crippen molar-refractivity contribution in [3.8, 4) is 5.75 Å². The van der Waals surface area contributed by atoms with Crippen LogP contribution in [0, 0.1) is 0 Å². The normalized spacial score (nSPS) is 13.0. The molecule has 2 aromatic rings. The highest BCUT2D eigenvalue weighted by Gasteiger charge is 2.27. The van der Waals surface area contributed by atoms with Gasteiger partial charge in [-0.05, 0) is 68.9 Å². The van der Waals surface area contributed by atoms with E-state index in [9.17, 15) is 9.59 Å². The number of thiophene rings is 1. The molecule has 3 rings (SSSR count). The Kier molecular flexibility index (Phi) is 6.50. The van der Waals surface area contributed by atoms with E-state index in [0.717, 1.165) is 43.4 Å². The fourth-order valence-electron chi connectivity index (χ4n) is 3.18. The van der Waals surface area contributed by atoms with Crippen molar-refractivity contribution in [2.75, 3.05) is 18.5 Å². The number of nitrogens with one attached hydrogen (secondary N) is 1. The molecule has 1 heterocycles. The average Bonchev–Trinajstić information content (AvgIpc) is 3.04. The summed E-state index contributed by atoms with van der Waals surface area (Å²) in [5, 5.41) is 3.53. The summed E-state index contributed by atoms with van der Waals surface area (Å²) in [6, 6.07) is 6.99. The van der Waals surface area contributed by atoms with E-state index < -0.39 is 0 Å². The molecule has 0 fully saturated rings. The molecule has 0 radical (unpaired) electrons. The number of rotatable bonds is 7. The standard InChI is InChI=1S/C21H25NO4S/c1-3-13-26-21(24)18-16-7-5-6-8-17(16)27-20(18)22-19(23)14-9-11-15(12-10-14)25-4-2/h9-12H,3-8,13H2,1-2H3,(H,22,23). The SMILES string of the molecule is CCCOC(=O)c1c(NC(=O)c2ccc(OCC)cc2)sc2c1CCCC2. The Labute approximate surface area is 163 Å². The molecule has 1 aliphatic carbocycles. The molecule has 144 valence electrons. The minimum Gasteiger partial charge on any atom is -0.494 e. The summed E-state index contributed by atoms with van der Waals surface area (Å²) in [5.41, 5.74) is 2.12. The zero-order valence-electron chi connectivity index (χ0n) is 15.8. The van der Waals surface area contributed by atoms with Crippen LogP contribution in [0.25, 0.3) is 0 Å². The summed E-state index contributed by atoms with van der Waals surface area (Å²) < 4.78 is 10.8. The molecule has 0 spiro atoms. The average molecular weight is 388 g/mol. The van der Waals surface area contributed by atoms with Gasteiger partial charge in [-0.15, -0.1) is 11.3 Å². The molecule has 27 heavy (non-hydrogen) atoms. The molecule has 0 saturated heterocycles. The van der Waals surface area contributed by atoms with E-state index >= 15 is 0 Å². The van der Waals surface area contributed by atoms with Crippen molar-refractivity contribution in [1.82, 2.24) is 0 Å². The van der Waals surface area contributed by atoms with E-state index in [0.29, 0.717) is 29.3 Å². The van der Waals surface area contributed by atoms with Crippen LogP contribution in [0.15, 0.2) is 24.3 Å². The third kappa shape index (κ3) is 4.50. The first-order valence-corrected chi connectivity index (χ1v) is 10.3. The van der Waals surface area contributed by atoms with Gasteiger partial charge in [-0.25, -0.2) is 4.79 Å². The smallest absolute Gasteiger partial charge is 0.341 e. The molecule has 0 unspecified atom stereocenters. The Hall–Kier alpha value is -2.34. The van der Waals surface area contributed by atoms with Gasteiger partial charge in [0.25, 0.3) is 5.91 Å². The Balaban J connectivity index is 1.83. The molecule has 0 bridgehead atoms. The topological polar surface area (TPSA) is 64.6 Å². The van der Waals surface area contributed by atoms with Crippen molar-refractivity contribution in [2.24, 2.45) is 0 Å². The largest absolute Gasteiger partial charge is 0.494 e. The Bertz CT molecular complexity index is 810. The lowest BCUT2D eigenvalue weighted by molar-refractivity contribution is 0.0505. The van der Waals surface area contributed by atoms with Crippen molar-refractivity contribution < 1.29 is 19.1 Å². The number of hydrogen-bond acceptors (Lipinski definition) is 5. The summed E-state index contributed by atoms with van der Waals surface area (Å²) in [6.45, 7) is 4.84. The quantitative estimate of drug-likeness (QED) is 0.690. The van der Waals surface area contributed by atoms with Gasteiger partial charge in [0.2, 0.25) is 0 Å². The summed E-state index contributed by atoms with van der Waals surface area (Å²) >= 11 is 1.50. The highest BCUT2D eigenvalue weighted by Crippen LogP contribution is 2.38. The van der Waals surface area contributed by atoms with E-state index in [2.05, 4.69) is 5.32 Å². The number of amides is 1. The zero-order chi connectivity index (χ0) is 19.2. The zero-order valence-corrected chi connectivity index (χ0v) is 16.6. The first-order chi connectivity index (χ1) is 13.1. The van der Waals surface area contributed by atoms with Crippen LogP contribution in [0.3, 0.4) is 0 Å². The van der Waals surface area contributed by atoms with Gasteiger partial charge in [0.1, 0.15) is 10.8 Å². The molecule has 6 heteroatoms. The lowest BCUT2D eigenvalue weighted by atomic mass is 9.95. The maximum Gasteiger partial charge on any atom is 0.341 e. The predicted octanol–water partition coefficient (Wildman–Crippen LogP) is 4.84. The lowest BCUT2D eigenvalue weighted by Gasteiger charge is -2.12. The first kappa shape index (κ1) is 19.4. The minimum atomic E-state index is -0.335. The van der Waals surface area contributed by atoms with E-state index in [1.165, 1.54) is 16.2 Å².